The number of nitrogens with one attached hydrogen (secondary N) is 2. The van der Waals surface area contributed by atoms with Crippen LogP contribution in [0.4, 0.5) is 5.69 Å². The Labute approximate surface area is 139 Å². The monoisotopic (exact) mass is 349 g/mol. The van der Waals surface area contributed by atoms with Crippen LogP contribution in [0.2, 0.25) is 5.02 Å². The van der Waals surface area contributed by atoms with Gasteiger partial charge >= 0.3 is 5.69 Å². The summed E-state index contributed by atoms with van der Waals surface area (Å²) in [7, 11) is 0. The minimum absolute atomic E-state index is 0.359. The highest BCUT2D eigenvalue weighted by Gasteiger charge is 2.13. The highest BCUT2D eigenvalue weighted by atomic mass is 35.5. The van der Waals surface area contributed by atoms with Crippen molar-refractivity contribution in [1.82, 2.24) is 9.55 Å². The molecule has 0 bridgehead atoms. The van der Waals surface area contributed by atoms with E-state index in [1.54, 1.807) is 30.3 Å². The van der Waals surface area contributed by atoms with Gasteiger partial charge < -0.3 is 5.32 Å². The minimum Gasteiger partial charge on any atom is -0.325 e. The average molecular weight is 350 g/mol. The average Bonchev–Trinajstić information content (AvgIpc) is 2.86. The summed E-state index contributed by atoms with van der Waals surface area (Å²) in [6, 6.07) is 8.25. The van der Waals surface area contributed by atoms with Crippen molar-refractivity contribution in [2.45, 2.75) is 13.5 Å². The summed E-state index contributed by atoms with van der Waals surface area (Å²) in [4.78, 5) is 40.5. The Morgan fingerprint density at radius 1 is 1.30 bits per heavy atom. The number of nitrogens with zero attached hydrogens (tertiary/aromatic N) is 1. The lowest BCUT2D eigenvalue weighted by atomic mass is 10.3. The van der Waals surface area contributed by atoms with Gasteiger partial charge in [0.1, 0.15) is 11.4 Å². The van der Waals surface area contributed by atoms with Gasteiger partial charge in [0.2, 0.25) is 5.91 Å². The molecule has 0 aliphatic heterocycles. The summed E-state index contributed by atoms with van der Waals surface area (Å²) < 4.78 is 0.889. The Balaban J connectivity index is 1.89. The van der Waals surface area contributed by atoms with Crippen molar-refractivity contribution in [3.05, 3.63) is 61.1 Å². The summed E-state index contributed by atoms with van der Waals surface area (Å²) >= 11 is 7.10. The second kappa shape index (κ2) is 6.02. The predicted octanol–water partition coefficient (Wildman–Crippen LogP) is 2.35. The van der Waals surface area contributed by atoms with Crippen LogP contribution in [-0.2, 0) is 11.3 Å². The van der Waals surface area contributed by atoms with Crippen molar-refractivity contribution in [2.75, 3.05) is 5.32 Å². The molecule has 0 saturated heterocycles. The second-order valence-electron chi connectivity index (χ2n) is 4.98. The Morgan fingerprint density at radius 3 is 2.70 bits per heavy atom. The molecule has 0 fully saturated rings. The Hall–Kier alpha value is -2.38. The standard InChI is InChI=1S/C15H12ClN3O3S/c1-8-6-11-13(23-8)18-15(22)19(14(11)21)7-12(20)17-10-4-2-9(16)3-5-10/h2-6H,7H2,1H3,(H,17,20)(H,18,22). The molecule has 0 radical (unpaired) electrons. The molecule has 6 nitrogen and oxygen atoms in total. The number of fused-ring (bicyclic) bond motifs is 1. The van der Waals surface area contributed by atoms with Crippen LogP contribution in [0.3, 0.4) is 0 Å². The first kappa shape index (κ1) is 15.5. The zero-order valence-electron chi connectivity index (χ0n) is 12.1. The van der Waals surface area contributed by atoms with Crippen LogP contribution in [0, 0.1) is 6.92 Å². The van der Waals surface area contributed by atoms with Gasteiger partial charge in [-0.1, -0.05) is 11.6 Å². The number of rotatable bonds is 3. The van der Waals surface area contributed by atoms with Crippen molar-refractivity contribution >= 4 is 44.7 Å². The number of H-pyrrole nitrogens is 1. The number of benzene rings is 1. The molecule has 118 valence electrons. The van der Waals surface area contributed by atoms with Gasteiger partial charge in [0.05, 0.1) is 5.39 Å². The van der Waals surface area contributed by atoms with Gasteiger partial charge in [-0.05, 0) is 37.3 Å². The molecule has 3 rings (SSSR count). The van der Waals surface area contributed by atoms with Crippen LogP contribution >= 0.6 is 22.9 Å². The normalized spacial score (nSPS) is 10.9. The second-order valence-corrected chi connectivity index (χ2v) is 6.67. The van der Waals surface area contributed by atoms with Crippen LogP contribution in [0.15, 0.2) is 39.9 Å². The zero-order valence-corrected chi connectivity index (χ0v) is 13.6. The molecule has 0 aliphatic rings. The number of halogens is 1. The molecular formula is C15H12ClN3O3S. The van der Waals surface area contributed by atoms with Crippen LogP contribution in [0.1, 0.15) is 4.88 Å². The third-order valence-corrected chi connectivity index (χ3v) is 4.44. The molecule has 0 spiro atoms. The molecule has 1 aromatic carbocycles. The molecule has 2 aromatic heterocycles. The third kappa shape index (κ3) is 3.20. The Morgan fingerprint density at radius 2 is 2.00 bits per heavy atom. The fraction of sp³-hybridized carbons (Fsp3) is 0.133. The van der Waals surface area contributed by atoms with Gasteiger partial charge in [-0.3, -0.25) is 19.1 Å². The number of carbonyl (C=O) groups is 1. The summed E-state index contributed by atoms with van der Waals surface area (Å²) in [6.45, 7) is 1.49. The molecule has 8 heteroatoms. The first-order chi connectivity index (χ1) is 10.9. The fourth-order valence-electron chi connectivity index (χ4n) is 2.19. The van der Waals surface area contributed by atoms with E-state index in [4.69, 9.17) is 11.6 Å². The summed E-state index contributed by atoms with van der Waals surface area (Å²) in [5, 5.41) is 3.58. The lowest BCUT2D eigenvalue weighted by Gasteiger charge is -2.07. The smallest absolute Gasteiger partial charge is 0.325 e. The van der Waals surface area contributed by atoms with E-state index in [0.717, 1.165) is 9.44 Å². The van der Waals surface area contributed by atoms with E-state index >= 15 is 0 Å². The number of aromatic amines is 1. The molecule has 0 atom stereocenters. The number of thiophene rings is 1. The summed E-state index contributed by atoms with van der Waals surface area (Å²) in [6.07, 6.45) is 0. The Bertz CT molecular complexity index is 1000. The molecule has 0 saturated carbocycles. The first-order valence-corrected chi connectivity index (χ1v) is 7.92. The number of aryl methyl sites for hydroxylation is 1. The lowest BCUT2D eigenvalue weighted by Crippen LogP contribution is -2.38. The van der Waals surface area contributed by atoms with E-state index in [1.165, 1.54) is 11.3 Å². The van der Waals surface area contributed by atoms with E-state index in [9.17, 15) is 14.4 Å². The van der Waals surface area contributed by atoms with Crippen molar-refractivity contribution in [1.29, 1.82) is 0 Å². The quantitative estimate of drug-likeness (QED) is 0.761. The van der Waals surface area contributed by atoms with Gasteiger partial charge in [0, 0.05) is 15.6 Å². The minimum atomic E-state index is -0.601. The molecule has 0 unspecified atom stereocenters. The van der Waals surface area contributed by atoms with Crippen LogP contribution < -0.4 is 16.6 Å². The van der Waals surface area contributed by atoms with Gasteiger partial charge in [-0.15, -0.1) is 11.3 Å². The van der Waals surface area contributed by atoms with Crippen molar-refractivity contribution < 1.29 is 4.79 Å². The summed E-state index contributed by atoms with van der Waals surface area (Å²) in [5.74, 6) is -0.466. The highest BCUT2D eigenvalue weighted by molar-refractivity contribution is 7.18. The summed E-state index contributed by atoms with van der Waals surface area (Å²) in [5.41, 5.74) is -0.536. The zero-order chi connectivity index (χ0) is 16.6. The first-order valence-electron chi connectivity index (χ1n) is 6.73. The van der Waals surface area contributed by atoms with Crippen LogP contribution in [0.25, 0.3) is 10.2 Å². The molecule has 2 N–H and O–H groups in total. The van der Waals surface area contributed by atoms with Gasteiger partial charge in [-0.2, -0.15) is 0 Å². The topological polar surface area (TPSA) is 84.0 Å². The van der Waals surface area contributed by atoms with Gasteiger partial charge in [-0.25, -0.2) is 4.79 Å². The van der Waals surface area contributed by atoms with E-state index in [2.05, 4.69) is 10.3 Å². The molecule has 0 aliphatic carbocycles. The number of carbonyl (C=O) groups excluding carboxylic acids is 1. The van der Waals surface area contributed by atoms with Crippen molar-refractivity contribution in [2.24, 2.45) is 0 Å². The van der Waals surface area contributed by atoms with E-state index in [-0.39, 0.29) is 6.54 Å². The number of amides is 1. The molecule has 1 amide bonds. The van der Waals surface area contributed by atoms with Crippen molar-refractivity contribution in [3.63, 3.8) is 0 Å². The van der Waals surface area contributed by atoms with Crippen LogP contribution in [0.5, 0.6) is 0 Å². The SMILES string of the molecule is Cc1cc2c(=O)n(CC(=O)Nc3ccc(Cl)cc3)c(=O)[nH]c2s1. The number of aromatic nitrogens is 2. The predicted molar refractivity (Wildman–Crippen MR) is 91.5 cm³/mol. The van der Waals surface area contributed by atoms with Crippen molar-refractivity contribution in [3.8, 4) is 0 Å². The fourth-order valence-corrected chi connectivity index (χ4v) is 3.21. The molecule has 3 aromatic rings. The van der Waals surface area contributed by atoms with E-state index in [1.807, 2.05) is 6.92 Å². The lowest BCUT2D eigenvalue weighted by molar-refractivity contribution is -0.116. The van der Waals surface area contributed by atoms with Gasteiger partial charge in [0.25, 0.3) is 5.56 Å². The maximum absolute atomic E-state index is 12.3. The maximum atomic E-state index is 12.3. The number of hydrogen-bond donors (Lipinski definition) is 2. The molecule has 23 heavy (non-hydrogen) atoms. The molecule has 2 heterocycles. The Kier molecular flexibility index (Phi) is 4.06. The highest BCUT2D eigenvalue weighted by Crippen LogP contribution is 2.18. The largest absolute Gasteiger partial charge is 0.329 e. The molecular weight excluding hydrogens is 338 g/mol. The van der Waals surface area contributed by atoms with E-state index < -0.39 is 17.2 Å². The maximum Gasteiger partial charge on any atom is 0.329 e. The third-order valence-electron chi connectivity index (χ3n) is 3.23. The van der Waals surface area contributed by atoms with Gasteiger partial charge in [0.15, 0.2) is 0 Å². The van der Waals surface area contributed by atoms with E-state index in [0.29, 0.717) is 20.9 Å². The number of anilines is 1. The number of hydrogen-bond acceptors (Lipinski definition) is 4. The van der Waals surface area contributed by atoms with Crippen LogP contribution in [-0.4, -0.2) is 15.5 Å².